The average molecular weight is 465 g/mol. The first-order valence-corrected chi connectivity index (χ1v) is 10.3. The molecule has 3 aromatic rings. The monoisotopic (exact) mass is 465 g/mol. The van der Waals surface area contributed by atoms with Crippen LogP contribution in [0.3, 0.4) is 0 Å². The number of benzene rings is 3. The summed E-state index contributed by atoms with van der Waals surface area (Å²) >= 11 is 0. The van der Waals surface area contributed by atoms with Crippen molar-refractivity contribution in [3.8, 4) is 17.2 Å². The van der Waals surface area contributed by atoms with Gasteiger partial charge in [-0.05, 0) is 41.5 Å². The van der Waals surface area contributed by atoms with Crippen molar-refractivity contribution in [2.75, 3.05) is 31.5 Å². The van der Waals surface area contributed by atoms with Crippen LogP contribution in [-0.2, 0) is 13.1 Å². The first kappa shape index (κ1) is 22.7. The third-order valence-electron chi connectivity index (χ3n) is 5.68. The summed E-state index contributed by atoms with van der Waals surface area (Å²) in [4.78, 5) is 24.2. The van der Waals surface area contributed by atoms with E-state index in [9.17, 15) is 20.0 Å². The van der Waals surface area contributed by atoms with Gasteiger partial charge in [0.2, 0.25) is 5.75 Å². The van der Waals surface area contributed by atoms with Crippen LogP contribution >= 0.6 is 0 Å². The number of carbonyl (C=O) groups is 1. The Hall–Kier alpha value is -4.47. The number of rotatable bonds is 8. The molecule has 34 heavy (non-hydrogen) atoms. The minimum Gasteiger partial charge on any atom is -0.493 e. The molecule has 176 valence electrons. The van der Waals surface area contributed by atoms with Crippen LogP contribution in [0.15, 0.2) is 48.5 Å². The number of hydrogen-bond donors (Lipinski definition) is 2. The number of nitrogens with one attached hydrogen (secondary N) is 1. The van der Waals surface area contributed by atoms with E-state index < -0.39 is 10.9 Å². The van der Waals surface area contributed by atoms with Gasteiger partial charge < -0.3 is 29.5 Å². The number of nitro benzene ring substituents is 1. The fraction of sp³-hybridized carbons (Fsp3) is 0.208. The summed E-state index contributed by atoms with van der Waals surface area (Å²) in [7, 11) is 4.71. The van der Waals surface area contributed by atoms with E-state index in [0.29, 0.717) is 36.0 Å². The van der Waals surface area contributed by atoms with Crippen molar-refractivity contribution >= 4 is 28.7 Å². The minimum atomic E-state index is -1.25. The lowest BCUT2D eigenvalue weighted by Gasteiger charge is -2.23. The quantitative estimate of drug-likeness (QED) is 0.363. The Labute approximate surface area is 195 Å². The number of nitrogens with zero attached hydrogens (tertiary/aromatic N) is 2. The second-order valence-corrected chi connectivity index (χ2v) is 7.61. The van der Waals surface area contributed by atoms with Crippen molar-refractivity contribution in [2.24, 2.45) is 0 Å². The molecule has 0 saturated carbocycles. The largest absolute Gasteiger partial charge is 0.493 e. The maximum atomic E-state index is 11.6. The number of fused-ring (bicyclic) bond motifs is 1. The highest BCUT2D eigenvalue weighted by Gasteiger charge is 2.26. The van der Waals surface area contributed by atoms with Gasteiger partial charge in [0.25, 0.3) is 5.69 Å². The molecule has 1 aliphatic heterocycles. The predicted molar refractivity (Wildman–Crippen MR) is 126 cm³/mol. The number of carboxylic acid groups (broad SMARTS) is 1. The Bertz CT molecular complexity index is 1280. The summed E-state index contributed by atoms with van der Waals surface area (Å²) < 4.78 is 16.5. The molecule has 0 atom stereocenters. The van der Waals surface area contributed by atoms with Crippen LogP contribution in [0, 0.1) is 10.1 Å². The van der Waals surface area contributed by atoms with E-state index in [4.69, 9.17) is 14.2 Å². The summed E-state index contributed by atoms with van der Waals surface area (Å²) in [6, 6.07) is 13.2. The zero-order valence-corrected chi connectivity index (χ0v) is 18.8. The first-order chi connectivity index (χ1) is 16.4. The molecule has 0 radical (unpaired) electrons. The van der Waals surface area contributed by atoms with Gasteiger partial charge in [-0.1, -0.05) is 6.07 Å². The van der Waals surface area contributed by atoms with Crippen LogP contribution in [0.5, 0.6) is 17.2 Å². The molecule has 2 N–H and O–H groups in total. The highest BCUT2D eigenvalue weighted by Crippen LogP contribution is 2.46. The van der Waals surface area contributed by atoms with Gasteiger partial charge in [-0.25, -0.2) is 4.79 Å². The zero-order chi connectivity index (χ0) is 24.4. The number of carboxylic acids is 1. The number of non-ortho nitro benzene ring substituents is 1. The van der Waals surface area contributed by atoms with Gasteiger partial charge in [0, 0.05) is 30.9 Å². The van der Waals surface area contributed by atoms with E-state index in [-0.39, 0.29) is 16.9 Å². The van der Waals surface area contributed by atoms with Crippen molar-refractivity contribution in [1.82, 2.24) is 0 Å². The van der Waals surface area contributed by atoms with E-state index in [1.54, 1.807) is 21.3 Å². The van der Waals surface area contributed by atoms with Gasteiger partial charge >= 0.3 is 5.97 Å². The number of methoxy groups -OCH3 is 3. The summed E-state index contributed by atoms with van der Waals surface area (Å²) in [5, 5.41) is 23.6. The normalized spacial score (nSPS) is 12.1. The number of anilines is 3. The number of hydrogen-bond acceptors (Lipinski definition) is 8. The number of ether oxygens (including phenoxy) is 3. The molecule has 0 unspecified atom stereocenters. The fourth-order valence-corrected chi connectivity index (χ4v) is 4.06. The van der Waals surface area contributed by atoms with Crippen molar-refractivity contribution in [3.05, 3.63) is 75.3 Å². The molecule has 0 spiro atoms. The van der Waals surface area contributed by atoms with Gasteiger partial charge in [-0.3, -0.25) is 10.1 Å². The molecular weight excluding hydrogens is 442 g/mol. The van der Waals surface area contributed by atoms with Crippen LogP contribution in [0.25, 0.3) is 0 Å². The van der Waals surface area contributed by atoms with Crippen molar-refractivity contribution in [2.45, 2.75) is 13.1 Å². The van der Waals surface area contributed by atoms with Crippen molar-refractivity contribution < 1.29 is 29.0 Å². The molecule has 0 saturated heterocycles. The van der Waals surface area contributed by atoms with Crippen LogP contribution in [0.1, 0.15) is 21.5 Å². The lowest BCUT2D eigenvalue weighted by Crippen LogP contribution is -2.16. The van der Waals surface area contributed by atoms with E-state index in [0.717, 1.165) is 22.9 Å². The fourth-order valence-electron chi connectivity index (χ4n) is 4.06. The summed E-state index contributed by atoms with van der Waals surface area (Å²) in [5.74, 6) is 0.410. The molecule has 10 heteroatoms. The molecule has 0 aliphatic carbocycles. The Balaban J connectivity index is 1.61. The molecule has 0 amide bonds. The second-order valence-electron chi connectivity index (χ2n) is 7.61. The van der Waals surface area contributed by atoms with Crippen LogP contribution in [0.4, 0.5) is 22.7 Å². The Morgan fingerprint density at radius 2 is 1.71 bits per heavy atom. The molecule has 0 bridgehead atoms. The average Bonchev–Trinajstić information content (AvgIpc) is 3.26. The second kappa shape index (κ2) is 9.18. The molecule has 0 aromatic heterocycles. The van der Waals surface area contributed by atoms with E-state index >= 15 is 0 Å². The topological polar surface area (TPSA) is 123 Å². The van der Waals surface area contributed by atoms with E-state index in [1.165, 1.54) is 12.1 Å². The van der Waals surface area contributed by atoms with Gasteiger partial charge in [-0.15, -0.1) is 0 Å². The molecular formula is C24H23N3O7. The van der Waals surface area contributed by atoms with Crippen molar-refractivity contribution in [1.29, 1.82) is 0 Å². The van der Waals surface area contributed by atoms with Gasteiger partial charge in [-0.2, -0.15) is 0 Å². The SMILES string of the molecule is COc1ccc(N2Cc3ccc(Nc4ccc([N+](=O)[O-])cc4C(=O)O)cc3C2)c(OC)c1OC. The third-order valence-corrected chi connectivity index (χ3v) is 5.68. The smallest absolute Gasteiger partial charge is 0.338 e. The standard InChI is InChI=1S/C24H23N3O7/c1-32-21-9-8-20(22(33-2)23(21)34-3)26-12-14-4-5-16(10-15(14)13-26)25-19-7-6-17(27(30)31)11-18(19)24(28)29/h4-11,25H,12-13H2,1-3H3,(H,28,29). The Morgan fingerprint density at radius 3 is 2.35 bits per heavy atom. The highest BCUT2D eigenvalue weighted by molar-refractivity contribution is 5.96. The van der Waals surface area contributed by atoms with E-state index in [2.05, 4.69) is 10.2 Å². The maximum Gasteiger partial charge on any atom is 0.338 e. The molecule has 10 nitrogen and oxygen atoms in total. The minimum absolute atomic E-state index is 0.175. The van der Waals surface area contributed by atoms with Gasteiger partial charge in [0.05, 0.1) is 43.2 Å². The first-order valence-electron chi connectivity index (χ1n) is 10.3. The third kappa shape index (κ3) is 4.13. The summed E-state index contributed by atoms with van der Waals surface area (Å²) in [5.41, 5.74) is 3.52. The van der Waals surface area contributed by atoms with E-state index in [1.807, 2.05) is 30.3 Å². The highest BCUT2D eigenvalue weighted by atomic mass is 16.6. The summed E-state index contributed by atoms with van der Waals surface area (Å²) in [6.45, 7) is 1.25. The Morgan fingerprint density at radius 1 is 0.971 bits per heavy atom. The molecule has 1 aliphatic rings. The number of aromatic carboxylic acids is 1. The van der Waals surface area contributed by atoms with Crippen LogP contribution in [0.2, 0.25) is 0 Å². The lowest BCUT2D eigenvalue weighted by atomic mass is 10.1. The maximum absolute atomic E-state index is 11.6. The molecule has 3 aromatic carbocycles. The van der Waals surface area contributed by atoms with Gasteiger partial charge in [0.1, 0.15) is 0 Å². The molecule has 1 heterocycles. The lowest BCUT2D eigenvalue weighted by molar-refractivity contribution is -0.384. The Kier molecular flexibility index (Phi) is 6.13. The van der Waals surface area contributed by atoms with Crippen LogP contribution in [-0.4, -0.2) is 37.3 Å². The molecule has 4 rings (SSSR count). The van der Waals surface area contributed by atoms with Gasteiger partial charge in [0.15, 0.2) is 11.5 Å². The predicted octanol–water partition coefficient (Wildman–Crippen LogP) is 4.58. The van der Waals surface area contributed by atoms with Crippen molar-refractivity contribution in [3.63, 3.8) is 0 Å². The molecule has 0 fully saturated rings. The number of nitro groups is 1. The zero-order valence-electron chi connectivity index (χ0n) is 18.8. The summed E-state index contributed by atoms with van der Waals surface area (Å²) in [6.07, 6.45) is 0. The van der Waals surface area contributed by atoms with Crippen LogP contribution < -0.4 is 24.4 Å².